The number of nitro groups is 1. The molecule has 1 aromatic carbocycles. The summed E-state index contributed by atoms with van der Waals surface area (Å²) in [6.07, 6.45) is 5.28. The van der Waals surface area contributed by atoms with Gasteiger partial charge in [0.25, 0.3) is 5.69 Å². The predicted molar refractivity (Wildman–Crippen MR) is 104 cm³/mol. The van der Waals surface area contributed by atoms with Gasteiger partial charge in [-0.25, -0.2) is 0 Å². The van der Waals surface area contributed by atoms with Crippen molar-refractivity contribution >= 4 is 29.1 Å². The van der Waals surface area contributed by atoms with Gasteiger partial charge in [0.1, 0.15) is 5.75 Å². The highest BCUT2D eigenvalue weighted by atomic mass is 16.6. The maximum Gasteiger partial charge on any atom is 0.273 e. The number of methoxy groups -OCH3 is 1. The lowest BCUT2D eigenvalue weighted by Crippen LogP contribution is -2.40. The molecule has 1 aromatic rings. The molecule has 3 amide bonds. The van der Waals surface area contributed by atoms with Gasteiger partial charge < -0.3 is 10.1 Å². The molecule has 6 rings (SSSR count). The third kappa shape index (κ3) is 2.72. The number of likely N-dealkylation sites (tertiary alicyclic amines) is 1. The summed E-state index contributed by atoms with van der Waals surface area (Å²) >= 11 is 0. The Morgan fingerprint density at radius 3 is 2.40 bits per heavy atom. The number of imide groups is 1. The minimum Gasteiger partial charge on any atom is -0.494 e. The van der Waals surface area contributed by atoms with Gasteiger partial charge in [-0.3, -0.25) is 29.4 Å². The smallest absolute Gasteiger partial charge is 0.273 e. The van der Waals surface area contributed by atoms with E-state index in [4.69, 9.17) is 4.74 Å². The second kappa shape index (κ2) is 6.65. The Kier molecular flexibility index (Phi) is 4.16. The van der Waals surface area contributed by atoms with Crippen molar-refractivity contribution in [2.45, 2.75) is 12.8 Å². The number of carbonyl (C=O) groups is 3. The maximum absolute atomic E-state index is 12.9. The average Bonchev–Trinajstić information content (AvgIpc) is 3.51. The first-order chi connectivity index (χ1) is 14.4. The van der Waals surface area contributed by atoms with Crippen LogP contribution in [0.15, 0.2) is 30.4 Å². The van der Waals surface area contributed by atoms with E-state index >= 15 is 0 Å². The molecular formula is C21H21N3O6. The minimum atomic E-state index is -0.551. The number of nitrogens with one attached hydrogen (secondary N) is 1. The first kappa shape index (κ1) is 18.8. The molecule has 1 saturated heterocycles. The maximum atomic E-state index is 12.9. The van der Waals surface area contributed by atoms with Gasteiger partial charge in [-0.1, -0.05) is 12.2 Å². The third-order valence-corrected chi connectivity index (χ3v) is 6.99. The van der Waals surface area contributed by atoms with Crippen molar-refractivity contribution in [3.8, 4) is 5.75 Å². The van der Waals surface area contributed by atoms with Gasteiger partial charge >= 0.3 is 0 Å². The summed E-state index contributed by atoms with van der Waals surface area (Å²) in [5.74, 6) is 0.301. The monoisotopic (exact) mass is 411 g/mol. The highest BCUT2D eigenvalue weighted by Gasteiger charge is 2.66. The molecule has 9 nitrogen and oxygen atoms in total. The van der Waals surface area contributed by atoms with Gasteiger partial charge in [-0.15, -0.1) is 0 Å². The summed E-state index contributed by atoms with van der Waals surface area (Å²) < 4.78 is 5.11. The van der Waals surface area contributed by atoms with Crippen molar-refractivity contribution in [3.05, 3.63) is 40.5 Å². The number of allylic oxidation sites excluding steroid dienone is 2. The molecule has 1 heterocycles. The molecule has 3 fully saturated rings. The Labute approximate surface area is 172 Å². The van der Waals surface area contributed by atoms with Crippen LogP contribution >= 0.6 is 0 Å². The highest BCUT2D eigenvalue weighted by molar-refractivity contribution is 6.06. The molecule has 2 bridgehead atoms. The predicted octanol–water partition coefficient (Wildman–Crippen LogP) is 1.99. The number of ether oxygens (including phenoxy) is 1. The van der Waals surface area contributed by atoms with Crippen LogP contribution in [0.2, 0.25) is 0 Å². The number of benzene rings is 1. The number of nitro benzene ring substituents is 1. The fourth-order valence-electron chi connectivity index (χ4n) is 5.56. The summed E-state index contributed by atoms with van der Waals surface area (Å²) in [5.41, 5.74) is 0.144. The number of hydrogen-bond acceptors (Lipinski definition) is 6. The van der Waals surface area contributed by atoms with Crippen LogP contribution in [0.4, 0.5) is 11.4 Å². The van der Waals surface area contributed by atoms with E-state index in [1.54, 1.807) is 0 Å². The van der Waals surface area contributed by atoms with Crippen molar-refractivity contribution < 1.29 is 24.0 Å². The number of hydrogen-bond donors (Lipinski definition) is 1. The Morgan fingerprint density at radius 1 is 1.20 bits per heavy atom. The molecule has 0 radical (unpaired) electrons. The largest absolute Gasteiger partial charge is 0.494 e. The van der Waals surface area contributed by atoms with E-state index in [1.165, 1.54) is 30.2 Å². The van der Waals surface area contributed by atoms with Gasteiger partial charge in [0, 0.05) is 19.0 Å². The van der Waals surface area contributed by atoms with E-state index in [2.05, 4.69) is 17.5 Å². The standard InChI is InChI=1S/C21H21N3O6/c1-30-16-8-10(24(28)29)2-5-15(16)22-17(25)6-7-23-20(26)18-11-3-4-12(14-9-13(11)14)19(18)21(23)27/h2-5,8,11-14,18-19H,6-7,9H2,1H3,(H,22,25)/t11-,12-,13-,14-,18-,19+/m0/s1. The number of non-ortho nitro benzene ring substituents is 1. The summed E-state index contributed by atoms with van der Waals surface area (Å²) in [5, 5.41) is 13.5. The molecule has 2 saturated carbocycles. The van der Waals surface area contributed by atoms with Crippen molar-refractivity contribution in [2.24, 2.45) is 35.5 Å². The van der Waals surface area contributed by atoms with Crippen molar-refractivity contribution in [2.75, 3.05) is 19.0 Å². The van der Waals surface area contributed by atoms with Crippen molar-refractivity contribution in [1.29, 1.82) is 0 Å². The Morgan fingerprint density at radius 2 is 1.83 bits per heavy atom. The van der Waals surface area contributed by atoms with Crippen LogP contribution in [0.3, 0.4) is 0 Å². The van der Waals surface area contributed by atoms with E-state index < -0.39 is 10.8 Å². The second-order valence-electron chi connectivity index (χ2n) is 8.42. The van der Waals surface area contributed by atoms with Crippen LogP contribution in [0, 0.1) is 45.6 Å². The zero-order chi connectivity index (χ0) is 21.2. The van der Waals surface area contributed by atoms with Crippen LogP contribution in [0.25, 0.3) is 0 Å². The third-order valence-electron chi connectivity index (χ3n) is 6.99. The van der Waals surface area contributed by atoms with E-state index in [0.29, 0.717) is 17.5 Å². The van der Waals surface area contributed by atoms with Gasteiger partial charge in [-0.2, -0.15) is 0 Å². The normalized spacial score (nSPS) is 32.6. The lowest BCUT2D eigenvalue weighted by Gasteiger charge is -2.37. The summed E-state index contributed by atoms with van der Waals surface area (Å²) in [6, 6.07) is 3.89. The molecule has 9 heteroatoms. The molecule has 30 heavy (non-hydrogen) atoms. The van der Waals surface area contributed by atoms with Crippen molar-refractivity contribution in [3.63, 3.8) is 0 Å². The van der Waals surface area contributed by atoms with Gasteiger partial charge in [0.2, 0.25) is 17.7 Å². The van der Waals surface area contributed by atoms with Crippen LogP contribution in [0.1, 0.15) is 12.8 Å². The van der Waals surface area contributed by atoms with Crippen LogP contribution in [-0.4, -0.2) is 41.2 Å². The van der Waals surface area contributed by atoms with Crippen molar-refractivity contribution in [1.82, 2.24) is 4.90 Å². The van der Waals surface area contributed by atoms with Crippen LogP contribution in [0.5, 0.6) is 5.75 Å². The molecule has 1 N–H and O–H groups in total. The zero-order valence-electron chi connectivity index (χ0n) is 16.3. The number of nitrogens with zero attached hydrogens (tertiary/aromatic N) is 2. The lowest BCUT2D eigenvalue weighted by molar-refractivity contribution is -0.384. The van der Waals surface area contributed by atoms with E-state index in [1.807, 2.05) is 0 Å². The zero-order valence-corrected chi connectivity index (χ0v) is 16.3. The molecule has 0 spiro atoms. The molecule has 0 unspecified atom stereocenters. The molecule has 4 aliphatic carbocycles. The summed E-state index contributed by atoms with van der Waals surface area (Å²) in [4.78, 5) is 49.9. The van der Waals surface area contributed by atoms with Gasteiger partial charge in [0.15, 0.2) is 0 Å². The van der Waals surface area contributed by atoms with Crippen LogP contribution < -0.4 is 10.1 Å². The Hall–Kier alpha value is -3.23. The number of anilines is 1. The average molecular weight is 411 g/mol. The first-order valence-corrected chi connectivity index (χ1v) is 10.1. The number of carbonyl (C=O) groups excluding carboxylic acids is 3. The molecule has 1 aliphatic heterocycles. The number of rotatable bonds is 6. The van der Waals surface area contributed by atoms with E-state index in [9.17, 15) is 24.5 Å². The highest BCUT2D eigenvalue weighted by Crippen LogP contribution is 2.65. The molecule has 6 atom stereocenters. The van der Waals surface area contributed by atoms with Gasteiger partial charge in [-0.05, 0) is 36.2 Å². The van der Waals surface area contributed by atoms with E-state index in [-0.39, 0.29) is 59.9 Å². The molecule has 5 aliphatic rings. The molecular weight excluding hydrogens is 390 g/mol. The summed E-state index contributed by atoms with van der Waals surface area (Å²) in [7, 11) is 1.35. The van der Waals surface area contributed by atoms with Gasteiger partial charge in [0.05, 0.1) is 35.6 Å². The minimum absolute atomic E-state index is 0.0283. The molecule has 156 valence electrons. The fourth-order valence-corrected chi connectivity index (χ4v) is 5.56. The van der Waals surface area contributed by atoms with Crippen LogP contribution in [-0.2, 0) is 14.4 Å². The second-order valence-corrected chi connectivity index (χ2v) is 8.42. The quantitative estimate of drug-likeness (QED) is 0.331. The summed E-state index contributed by atoms with van der Waals surface area (Å²) in [6.45, 7) is 0.0283. The Balaban J connectivity index is 1.24. The fraction of sp³-hybridized carbons (Fsp3) is 0.476. The first-order valence-electron chi connectivity index (χ1n) is 10.1. The number of amides is 3. The topological polar surface area (TPSA) is 119 Å². The SMILES string of the molecule is COc1cc([N+](=O)[O-])ccc1NC(=O)CCN1C(=O)[C@@H]2[C@H]3C=C[C@@H]([C@@H]4C[C@@H]34)[C@@H]2C1=O. The lowest BCUT2D eigenvalue weighted by atomic mass is 9.63. The molecule has 0 aromatic heterocycles. The Bertz CT molecular complexity index is 968. The van der Waals surface area contributed by atoms with E-state index in [0.717, 1.165) is 6.42 Å².